The molecule has 1 aromatic carbocycles. The lowest BCUT2D eigenvalue weighted by molar-refractivity contribution is 0.171. The molecule has 6 heteroatoms. The van der Waals surface area contributed by atoms with E-state index in [1.807, 2.05) is 0 Å². The molecule has 1 heterocycles. The fourth-order valence-electron chi connectivity index (χ4n) is 2.93. The van der Waals surface area contributed by atoms with Crippen molar-refractivity contribution in [2.24, 2.45) is 0 Å². The van der Waals surface area contributed by atoms with Crippen molar-refractivity contribution >= 4 is 10.0 Å². The second-order valence-electron chi connectivity index (χ2n) is 5.81. The average Bonchev–Trinajstić information content (AvgIpc) is 2.77. The monoisotopic (exact) mass is 337 g/mol. The summed E-state index contributed by atoms with van der Waals surface area (Å²) in [6, 6.07) is 3.31. The summed E-state index contributed by atoms with van der Waals surface area (Å²) in [5, 5.41) is 20.0. The van der Waals surface area contributed by atoms with Crippen LogP contribution in [0.25, 0.3) is 0 Å². The first-order chi connectivity index (χ1) is 10.8. The van der Waals surface area contributed by atoms with E-state index >= 15 is 0 Å². The molecule has 23 heavy (non-hydrogen) atoms. The number of hydrogen-bond donors (Lipinski definition) is 2. The lowest BCUT2D eigenvalue weighted by atomic mass is 9.95. The van der Waals surface area contributed by atoms with Crippen LogP contribution >= 0.6 is 0 Å². The molecule has 1 fully saturated rings. The predicted molar refractivity (Wildman–Crippen MR) is 90.8 cm³/mol. The van der Waals surface area contributed by atoms with Gasteiger partial charge in [-0.3, -0.25) is 0 Å². The summed E-state index contributed by atoms with van der Waals surface area (Å²) >= 11 is 0. The zero-order chi connectivity index (χ0) is 17.2. The normalized spacial score (nSPS) is 21.9. The standard InChI is InChI=1S/C17H23NO4S/c1-4-6-12-10-14(11-13(7-5-2)16(12)19)17(20)15-8-9-18(3)23(15,21)22/h4-5,10-11,15,17,19-20H,1-2,6-9H2,3H3. The maximum Gasteiger partial charge on any atom is 0.219 e. The first-order valence-corrected chi connectivity index (χ1v) is 9.03. The SMILES string of the molecule is C=CCc1cc(C(O)C2CCN(C)S2(=O)=O)cc(CC=C)c1O. The highest BCUT2D eigenvalue weighted by Crippen LogP contribution is 2.35. The van der Waals surface area contributed by atoms with Crippen molar-refractivity contribution in [2.75, 3.05) is 13.6 Å². The van der Waals surface area contributed by atoms with Gasteiger partial charge in [-0.05, 0) is 48.1 Å². The number of sulfonamides is 1. The van der Waals surface area contributed by atoms with Gasteiger partial charge in [0.25, 0.3) is 0 Å². The van der Waals surface area contributed by atoms with Crippen molar-refractivity contribution in [3.05, 3.63) is 54.1 Å². The van der Waals surface area contributed by atoms with Crippen LogP contribution in [-0.4, -0.2) is 41.8 Å². The lowest BCUT2D eigenvalue weighted by Gasteiger charge is -2.21. The molecule has 2 N–H and O–H groups in total. The maximum atomic E-state index is 12.3. The Morgan fingerprint density at radius 3 is 2.22 bits per heavy atom. The van der Waals surface area contributed by atoms with Crippen LogP contribution in [0.5, 0.6) is 5.75 Å². The van der Waals surface area contributed by atoms with E-state index in [4.69, 9.17) is 0 Å². The summed E-state index contributed by atoms with van der Waals surface area (Å²) < 4.78 is 25.8. The van der Waals surface area contributed by atoms with Crippen LogP contribution in [0, 0.1) is 0 Å². The number of allylic oxidation sites excluding steroid dienone is 2. The molecular weight excluding hydrogens is 314 g/mol. The Bertz CT molecular complexity index is 680. The number of hydrogen-bond acceptors (Lipinski definition) is 4. The minimum absolute atomic E-state index is 0.146. The van der Waals surface area contributed by atoms with Gasteiger partial charge in [0.1, 0.15) is 11.0 Å². The third-order valence-corrected chi connectivity index (χ3v) is 6.57. The summed E-state index contributed by atoms with van der Waals surface area (Å²) in [5.74, 6) is 0.146. The van der Waals surface area contributed by atoms with Gasteiger partial charge in [0.15, 0.2) is 0 Å². The molecule has 1 aliphatic rings. The Hall–Kier alpha value is -1.63. The Kier molecular flexibility index (Phi) is 5.29. The second kappa shape index (κ2) is 6.86. The number of aromatic hydroxyl groups is 1. The Balaban J connectivity index is 2.45. The molecule has 0 bridgehead atoms. The van der Waals surface area contributed by atoms with Gasteiger partial charge in [-0.15, -0.1) is 13.2 Å². The van der Waals surface area contributed by atoms with Gasteiger partial charge >= 0.3 is 0 Å². The van der Waals surface area contributed by atoms with E-state index in [1.54, 1.807) is 24.3 Å². The van der Waals surface area contributed by atoms with Gasteiger partial charge in [0, 0.05) is 13.6 Å². The summed E-state index contributed by atoms with van der Waals surface area (Å²) in [7, 11) is -1.97. The molecule has 2 unspecified atom stereocenters. The summed E-state index contributed by atoms with van der Waals surface area (Å²) in [6.07, 6.45) is 3.44. The molecule has 0 spiro atoms. The fraction of sp³-hybridized carbons (Fsp3) is 0.412. The molecule has 0 aliphatic carbocycles. The molecule has 1 saturated heterocycles. The van der Waals surface area contributed by atoms with Crippen LogP contribution in [0.15, 0.2) is 37.4 Å². The highest BCUT2D eigenvalue weighted by molar-refractivity contribution is 7.90. The summed E-state index contributed by atoms with van der Waals surface area (Å²) in [6.45, 7) is 7.73. The van der Waals surface area contributed by atoms with Gasteiger partial charge in [0.2, 0.25) is 10.0 Å². The van der Waals surface area contributed by atoms with Crippen molar-refractivity contribution < 1.29 is 18.6 Å². The van der Waals surface area contributed by atoms with Crippen LogP contribution in [-0.2, 0) is 22.9 Å². The molecular formula is C17H23NO4S. The quantitative estimate of drug-likeness (QED) is 0.778. The minimum atomic E-state index is -3.49. The topological polar surface area (TPSA) is 77.8 Å². The molecule has 0 saturated carbocycles. The second-order valence-corrected chi connectivity index (χ2v) is 8.07. The van der Waals surface area contributed by atoms with E-state index < -0.39 is 21.4 Å². The molecule has 1 aliphatic heterocycles. The van der Waals surface area contributed by atoms with E-state index in [0.717, 1.165) is 0 Å². The molecule has 5 nitrogen and oxygen atoms in total. The van der Waals surface area contributed by atoms with Crippen LogP contribution in [0.3, 0.4) is 0 Å². The molecule has 126 valence electrons. The molecule has 2 atom stereocenters. The number of benzene rings is 1. The number of phenolic OH excluding ortho intramolecular Hbond substituents is 1. The number of aliphatic hydroxyl groups is 1. The first-order valence-electron chi connectivity index (χ1n) is 7.52. The van der Waals surface area contributed by atoms with Gasteiger partial charge in [-0.1, -0.05) is 12.2 Å². The molecule has 2 rings (SSSR count). The third-order valence-electron chi connectivity index (χ3n) is 4.26. The van der Waals surface area contributed by atoms with Crippen LogP contribution < -0.4 is 0 Å². The highest BCUT2D eigenvalue weighted by Gasteiger charge is 2.41. The van der Waals surface area contributed by atoms with Crippen LogP contribution in [0.2, 0.25) is 0 Å². The largest absolute Gasteiger partial charge is 0.507 e. The minimum Gasteiger partial charge on any atom is -0.507 e. The Morgan fingerprint density at radius 1 is 1.30 bits per heavy atom. The number of aliphatic hydroxyl groups excluding tert-OH is 1. The van der Waals surface area contributed by atoms with Crippen molar-refractivity contribution in [2.45, 2.75) is 30.6 Å². The van der Waals surface area contributed by atoms with Gasteiger partial charge in [0.05, 0.1) is 6.10 Å². The Morgan fingerprint density at radius 2 is 1.83 bits per heavy atom. The van der Waals surface area contributed by atoms with E-state index in [-0.39, 0.29) is 5.75 Å². The molecule has 1 aromatic rings. The van der Waals surface area contributed by atoms with Gasteiger partial charge in [-0.2, -0.15) is 0 Å². The zero-order valence-corrected chi connectivity index (χ0v) is 14.1. The maximum absolute atomic E-state index is 12.3. The van der Waals surface area contributed by atoms with Crippen molar-refractivity contribution in [1.29, 1.82) is 0 Å². The third kappa shape index (κ3) is 3.34. The van der Waals surface area contributed by atoms with Gasteiger partial charge < -0.3 is 10.2 Å². The molecule has 0 amide bonds. The van der Waals surface area contributed by atoms with E-state index in [2.05, 4.69) is 13.2 Å². The van der Waals surface area contributed by atoms with E-state index in [1.165, 1.54) is 11.4 Å². The van der Waals surface area contributed by atoms with Crippen molar-refractivity contribution in [1.82, 2.24) is 4.31 Å². The Labute approximate surface area is 137 Å². The molecule has 0 radical (unpaired) electrons. The van der Waals surface area contributed by atoms with Crippen LogP contribution in [0.4, 0.5) is 0 Å². The van der Waals surface area contributed by atoms with E-state index in [9.17, 15) is 18.6 Å². The zero-order valence-electron chi connectivity index (χ0n) is 13.3. The number of nitrogens with zero attached hydrogens (tertiary/aromatic N) is 1. The first kappa shape index (κ1) is 17.7. The highest BCUT2D eigenvalue weighted by atomic mass is 32.2. The fourth-order valence-corrected chi connectivity index (χ4v) is 4.64. The summed E-state index contributed by atoms with van der Waals surface area (Å²) in [5.41, 5.74) is 1.75. The summed E-state index contributed by atoms with van der Waals surface area (Å²) in [4.78, 5) is 0. The van der Waals surface area contributed by atoms with Crippen molar-refractivity contribution in [3.63, 3.8) is 0 Å². The predicted octanol–water partition coefficient (Wildman–Crippen LogP) is 1.92. The van der Waals surface area contributed by atoms with Gasteiger partial charge in [-0.25, -0.2) is 12.7 Å². The van der Waals surface area contributed by atoms with Crippen LogP contribution in [0.1, 0.15) is 29.2 Å². The average molecular weight is 337 g/mol. The number of phenols is 1. The van der Waals surface area contributed by atoms with Crippen molar-refractivity contribution in [3.8, 4) is 5.75 Å². The molecule has 0 aromatic heterocycles. The van der Waals surface area contributed by atoms with E-state index in [0.29, 0.717) is 42.5 Å². The smallest absolute Gasteiger partial charge is 0.219 e. The lowest BCUT2D eigenvalue weighted by Crippen LogP contribution is -2.30. The number of rotatable bonds is 6.